The van der Waals surface area contributed by atoms with Gasteiger partial charge in [-0.1, -0.05) is 375 Å². The van der Waals surface area contributed by atoms with Crippen LogP contribution in [0.4, 0.5) is 0 Å². The number of fused-ring (bicyclic) bond motifs is 44. The molecule has 0 amide bonds. The average Bonchev–Trinajstić information content (AvgIpc) is 1.45. The van der Waals surface area contributed by atoms with E-state index >= 15 is 9.59 Å². The lowest BCUT2D eigenvalue weighted by Gasteiger charge is -2.51. The van der Waals surface area contributed by atoms with Crippen LogP contribution in [0.1, 0.15) is 273 Å². The van der Waals surface area contributed by atoms with E-state index < -0.39 is 46.1 Å². The zero-order valence-corrected chi connectivity index (χ0v) is 85.0. The molecular formula is C130H130N8O8. The van der Waals surface area contributed by atoms with Crippen LogP contribution in [0.3, 0.4) is 0 Å². The maximum Gasteiger partial charge on any atom is 0.164 e. The zero-order valence-electron chi connectivity index (χ0n) is 85.0. The molecule has 3 aromatic heterocycles. The highest BCUT2D eigenvalue weighted by Crippen LogP contribution is 2.86. The molecule has 12 aromatic carbocycles. The van der Waals surface area contributed by atoms with Crippen LogP contribution in [0.5, 0.6) is 23.0 Å². The van der Waals surface area contributed by atoms with Gasteiger partial charge in [0.2, 0.25) is 0 Å². The fraction of sp³-hybridized carbons (Fsp3) is 0.369. The first kappa shape index (κ1) is 93.5. The van der Waals surface area contributed by atoms with Crippen LogP contribution in [0.2, 0.25) is 0 Å². The van der Waals surface area contributed by atoms with Gasteiger partial charge in [-0.3, -0.25) is 9.59 Å². The van der Waals surface area contributed by atoms with E-state index in [1.807, 2.05) is 0 Å². The van der Waals surface area contributed by atoms with E-state index in [0.29, 0.717) is 141 Å². The highest BCUT2D eigenvalue weighted by molar-refractivity contribution is 6.12. The van der Waals surface area contributed by atoms with Crippen molar-refractivity contribution in [3.63, 3.8) is 0 Å². The minimum absolute atomic E-state index is 0.237. The molecular weight excluding hydrogens is 1800 g/mol. The maximum absolute atomic E-state index is 17.9. The molecule has 0 spiro atoms. The Morgan fingerprint density at radius 3 is 0.678 bits per heavy atom. The van der Waals surface area contributed by atoms with Crippen molar-refractivity contribution in [1.29, 1.82) is 0 Å². The number of hydrogen-bond donors (Lipinski definition) is 2. The van der Waals surface area contributed by atoms with Gasteiger partial charge in [0.05, 0.1) is 72.5 Å². The number of nitrogens with zero attached hydrogens (tertiary/aromatic N) is 6. The largest absolute Gasteiger partial charge is 0.489 e. The van der Waals surface area contributed by atoms with Gasteiger partial charge in [-0.05, 0) is 165 Å². The second-order valence-corrected chi connectivity index (χ2v) is 43.5. The van der Waals surface area contributed by atoms with E-state index in [1.54, 1.807) is 0 Å². The normalized spacial score (nSPS) is 25.5. The summed E-state index contributed by atoms with van der Waals surface area (Å²) in [6, 6.07) is 104. The molecule has 16 bridgehead atoms. The summed E-state index contributed by atoms with van der Waals surface area (Å²) < 4.78 is 45.2. The third-order valence-corrected chi connectivity index (χ3v) is 36.2. The Hall–Kier alpha value is -13.5. The summed E-state index contributed by atoms with van der Waals surface area (Å²) in [5.41, 5.74) is 13.1. The van der Waals surface area contributed by atoms with Crippen LogP contribution in [0.25, 0.3) is 89.7 Å². The Morgan fingerprint density at radius 1 is 0.274 bits per heavy atom. The smallest absolute Gasteiger partial charge is 0.164 e. The van der Waals surface area contributed by atoms with E-state index in [4.69, 9.17) is 58.3 Å². The number of ether oxygens (including phenoxy) is 6. The lowest BCUT2D eigenvalue weighted by Crippen LogP contribution is -2.49. The standard InChI is InChI=1S/C130H130N8O8/c1-9-17-45-77(13-5)73-141-101-69-97-98(70-102(101)142-74-78(14-6)46-18-10-2)122-134-118-95-67-91-92(116-112-111(115(91)146-116)129(87-61-41-27-42-62-87)107(83-53-33-23-34-54-83)108(84-55-35-24-36-56-84)130(112,126(129)140)88-63-43-28-44-64-88)68-96(95)120(132-118)136-124-100-72-104(144-76-80(16-8)48-20-12-4)103(143-75-79(15-7)47-19-11-3)71-99(100)123(138-124)135-119-94-66-90-89(65-93(94)117(131-119)133-121(97)137-122)113-109-110(114(90)145-113)128(86-59-39-26-40-60-86)106(82-51-31-22-32-52-82)105(81-49-29-21-30-50-81)127(109,125(128)139)85-57-37-25-38-58-85/h21-44,49-72,77-80,105-116H,9-20,45-48,73-76H2,1-8H3,(H2,131,132,133,134,135,136,137,138)/t77?,78?,79?,80?,105?,106?,107?,108?,109?,110?,111?,112?,113-,114+,115+,116-,127?,128?,129?,130?. The van der Waals surface area contributed by atoms with Crippen LogP contribution in [-0.4, -0.2) is 77.9 Å². The van der Waals surface area contributed by atoms with Gasteiger partial charge in [0.15, 0.2) is 57.9 Å². The summed E-state index contributed by atoms with van der Waals surface area (Å²) in [4.78, 5) is 79.5. The molecule has 0 radical (unpaired) electrons. The van der Waals surface area contributed by atoms with E-state index in [2.05, 4.69) is 357 Å². The molecule has 4 saturated carbocycles. The zero-order chi connectivity index (χ0) is 98.9. The summed E-state index contributed by atoms with van der Waals surface area (Å²) in [7, 11) is 0. The number of unbranched alkanes of at least 4 members (excludes halogenated alkanes) is 4. The number of H-pyrrole nitrogens is 2. The molecule has 16 unspecified atom stereocenters. The van der Waals surface area contributed by atoms with Crippen LogP contribution in [-0.2, 0) is 40.7 Å². The minimum Gasteiger partial charge on any atom is -0.489 e. The number of aromatic amines is 2. The quantitative estimate of drug-likeness (QED) is 0.0376. The monoisotopic (exact) mass is 1930 g/mol. The van der Waals surface area contributed by atoms with Gasteiger partial charge < -0.3 is 38.4 Å². The van der Waals surface area contributed by atoms with Gasteiger partial charge in [0, 0.05) is 91.1 Å². The van der Waals surface area contributed by atoms with Crippen LogP contribution >= 0.6 is 0 Å². The van der Waals surface area contributed by atoms with Crippen LogP contribution in [0.15, 0.2) is 291 Å². The molecule has 146 heavy (non-hydrogen) atoms. The summed E-state index contributed by atoms with van der Waals surface area (Å²) >= 11 is 0. The Morgan fingerprint density at radius 2 is 0.479 bits per heavy atom. The topological polar surface area (TPSA) is 198 Å². The molecule has 738 valence electrons. The first-order valence-corrected chi connectivity index (χ1v) is 54.8. The number of benzene rings is 12. The molecule has 10 aliphatic rings. The van der Waals surface area contributed by atoms with Crippen molar-refractivity contribution in [3.8, 4) is 68.5 Å². The number of hydrogen-bond acceptors (Lipinski definition) is 14. The molecule has 4 aliphatic carbocycles. The highest BCUT2D eigenvalue weighted by atomic mass is 16.5. The van der Waals surface area contributed by atoms with E-state index in [9.17, 15) is 0 Å². The van der Waals surface area contributed by atoms with E-state index in [0.717, 1.165) is 191 Å². The number of nitrogens with one attached hydrogen (secondary N) is 2. The number of carbonyl (C=O) groups excluding carboxylic acids is 2. The lowest BCUT2D eigenvalue weighted by molar-refractivity contribution is -0.127. The number of rotatable bonds is 36. The molecule has 16 heteroatoms. The molecule has 2 N–H and O–H groups in total. The predicted octanol–water partition coefficient (Wildman–Crippen LogP) is 30.0. The molecule has 2 saturated heterocycles. The van der Waals surface area contributed by atoms with Gasteiger partial charge in [-0.25, -0.2) is 29.9 Å². The maximum atomic E-state index is 17.9. The Bertz CT molecular complexity index is 6760. The summed E-state index contributed by atoms with van der Waals surface area (Å²) in [6.07, 6.45) is 14.5. The lowest BCUT2D eigenvalue weighted by atomic mass is 9.48. The van der Waals surface area contributed by atoms with Crippen molar-refractivity contribution in [2.45, 2.75) is 228 Å². The van der Waals surface area contributed by atoms with Gasteiger partial charge in [-0.15, -0.1) is 0 Å². The fourth-order valence-corrected chi connectivity index (χ4v) is 29.5. The number of Topliss-reactive ketones (excluding diaryl/α,β-unsaturated/α-hetero) is 2. The number of carbonyl (C=O) groups is 2. The second kappa shape index (κ2) is 38.1. The Kier molecular flexibility index (Phi) is 24.4. The molecule has 20 atom stereocenters. The number of aromatic nitrogens is 8. The Balaban J connectivity index is 0.765. The first-order valence-electron chi connectivity index (χ1n) is 54.8. The van der Waals surface area contributed by atoms with Gasteiger partial charge >= 0.3 is 0 Å². The average molecular weight is 1930 g/mol. The van der Waals surface area contributed by atoms with E-state index in [-0.39, 0.29) is 58.9 Å². The van der Waals surface area contributed by atoms with Gasteiger partial charge in [0.1, 0.15) is 22.6 Å². The predicted molar refractivity (Wildman–Crippen MR) is 578 cm³/mol. The fourth-order valence-electron chi connectivity index (χ4n) is 29.5. The third kappa shape index (κ3) is 14.3. The SMILES string of the molecule is CCCCC(CC)COc1cc2c(cc1OCC(CC)CCCC)-c1nc-2nc2[nH]c(nc3nc(nc4[nH]c(n1)c1cc5c(cc41)[C@H]1O[C@@H]5C4C1C1(c5ccccc5)C(=O)C4(c4ccccc4)C(c4ccccc4)C1c1ccccc1)-c1cc(OCC(CC)CCCC)c(OCC(CC)CCCC)cc1-3)c1cc3c(cc21)[C@H]1O[C@@H]3C2C1C1(c3ccccc3)C(=O)C2(c2ccccc2)C(c2ccccc2)C1c1ccccc1. The summed E-state index contributed by atoms with van der Waals surface area (Å²) in [6.45, 7) is 20.1. The van der Waals surface area contributed by atoms with Gasteiger partial charge in [-0.2, -0.15) is 0 Å². The molecule has 9 heterocycles. The van der Waals surface area contributed by atoms with E-state index in [1.165, 1.54) is 0 Å². The van der Waals surface area contributed by atoms with Crippen molar-refractivity contribution in [1.82, 2.24) is 39.9 Å². The van der Waals surface area contributed by atoms with Crippen molar-refractivity contribution >= 4 is 55.7 Å². The Labute approximate surface area is 856 Å². The molecule has 16 nitrogen and oxygen atoms in total. The number of ketones is 2. The van der Waals surface area contributed by atoms with Crippen LogP contribution in [0, 0.1) is 47.3 Å². The molecule has 25 rings (SSSR count). The molecule has 6 fully saturated rings. The van der Waals surface area contributed by atoms with Crippen LogP contribution < -0.4 is 18.9 Å². The molecule has 6 aliphatic heterocycles. The van der Waals surface area contributed by atoms with Gasteiger partial charge in [0.25, 0.3) is 0 Å². The van der Waals surface area contributed by atoms with Crippen molar-refractivity contribution in [2.24, 2.45) is 47.3 Å². The molecule has 15 aromatic rings. The second-order valence-electron chi connectivity index (χ2n) is 43.5. The van der Waals surface area contributed by atoms with Crippen molar-refractivity contribution < 1.29 is 38.0 Å². The third-order valence-electron chi connectivity index (χ3n) is 36.2. The first-order chi connectivity index (χ1) is 71.9. The van der Waals surface area contributed by atoms with Crippen molar-refractivity contribution in [2.75, 3.05) is 26.4 Å². The van der Waals surface area contributed by atoms with Crippen molar-refractivity contribution in [3.05, 3.63) is 358 Å². The highest BCUT2D eigenvalue weighted by Gasteiger charge is 2.88. The summed E-state index contributed by atoms with van der Waals surface area (Å²) in [5.74, 6) is 3.22. The summed E-state index contributed by atoms with van der Waals surface area (Å²) in [5, 5.41) is 3.16. The minimum atomic E-state index is -1.08.